The molecule has 0 heterocycles. The summed E-state index contributed by atoms with van der Waals surface area (Å²) in [6, 6.07) is 4.81. The molecule has 1 amide bonds. The number of benzene rings is 1. The normalized spacial score (nSPS) is 12.0. The lowest BCUT2D eigenvalue weighted by Crippen LogP contribution is -2.22. The Balaban J connectivity index is 3.08. The minimum atomic E-state index is -0.670. The van der Waals surface area contributed by atoms with Gasteiger partial charge in [-0.25, -0.2) is 4.79 Å². The predicted octanol–water partition coefficient (Wildman–Crippen LogP) is 3.58. The van der Waals surface area contributed by atoms with E-state index >= 15 is 0 Å². The first-order valence-corrected chi connectivity index (χ1v) is 7.97. The second-order valence-electron chi connectivity index (χ2n) is 4.89. The molecule has 0 atom stereocenters. The van der Waals surface area contributed by atoms with Crippen molar-refractivity contribution in [3.63, 3.8) is 0 Å². The number of esters is 1. The summed E-state index contributed by atoms with van der Waals surface area (Å²) in [7, 11) is 0. The molecule has 0 radical (unpaired) electrons. The molecule has 0 saturated carbocycles. The zero-order valence-electron chi connectivity index (χ0n) is 13.9. The lowest BCUT2D eigenvalue weighted by Gasteiger charge is -2.07. The fraction of sp³-hybridized carbons (Fsp3) is 0.353. The van der Waals surface area contributed by atoms with Crippen LogP contribution in [0.1, 0.15) is 37.6 Å². The van der Waals surface area contributed by atoms with E-state index in [0.717, 1.165) is 0 Å². The molecular formula is C17H21ClN2O4. The number of aliphatic imine (C=N–C) groups is 1. The molecule has 1 rings (SSSR count). The third-order valence-corrected chi connectivity index (χ3v) is 3.34. The molecule has 1 aromatic rings. The molecule has 24 heavy (non-hydrogen) atoms. The number of carbonyl (C=O) groups is 2. The number of ether oxygens (including phenoxy) is 1. The van der Waals surface area contributed by atoms with E-state index in [-0.39, 0.29) is 34.4 Å². The molecule has 0 aliphatic heterocycles. The van der Waals surface area contributed by atoms with Crippen LogP contribution in [0.25, 0.3) is 0 Å². The summed E-state index contributed by atoms with van der Waals surface area (Å²) in [5.41, 5.74) is 0.526. The number of hydrogen-bond acceptors (Lipinski definition) is 5. The van der Waals surface area contributed by atoms with Crippen molar-refractivity contribution < 1.29 is 19.4 Å². The van der Waals surface area contributed by atoms with Gasteiger partial charge in [-0.05, 0) is 32.4 Å². The van der Waals surface area contributed by atoms with Crippen LogP contribution in [0.15, 0.2) is 34.5 Å². The molecule has 0 unspecified atom stereocenters. The van der Waals surface area contributed by atoms with Gasteiger partial charge in [0.25, 0.3) is 5.91 Å². The van der Waals surface area contributed by atoms with Gasteiger partial charge in [-0.1, -0.05) is 24.6 Å². The third kappa shape index (κ3) is 5.38. The first kappa shape index (κ1) is 19.7. The minimum Gasteiger partial charge on any atom is -0.512 e. The van der Waals surface area contributed by atoms with Crippen LogP contribution in [0.3, 0.4) is 0 Å². The van der Waals surface area contributed by atoms with E-state index in [1.165, 1.54) is 13.1 Å². The van der Waals surface area contributed by atoms with Gasteiger partial charge in [-0.15, -0.1) is 0 Å². The Kier molecular flexibility index (Phi) is 7.98. The molecule has 0 fully saturated rings. The van der Waals surface area contributed by atoms with Crippen LogP contribution in [0.5, 0.6) is 0 Å². The van der Waals surface area contributed by atoms with Crippen molar-refractivity contribution in [2.75, 3.05) is 13.2 Å². The Hall–Kier alpha value is -2.34. The number of aliphatic hydroxyl groups is 1. The van der Waals surface area contributed by atoms with Gasteiger partial charge in [0.15, 0.2) is 0 Å². The Morgan fingerprint density at radius 1 is 1.38 bits per heavy atom. The number of nitrogens with zero attached hydrogens (tertiary/aromatic N) is 1. The van der Waals surface area contributed by atoms with Crippen LogP contribution in [0.2, 0.25) is 5.02 Å². The number of halogens is 1. The first-order chi connectivity index (χ1) is 11.4. The monoisotopic (exact) mass is 352 g/mol. The quantitative estimate of drug-likeness (QED) is 0.340. The van der Waals surface area contributed by atoms with Crippen molar-refractivity contribution in [1.29, 1.82) is 0 Å². The van der Waals surface area contributed by atoms with Crippen molar-refractivity contribution in [1.82, 2.24) is 5.32 Å². The number of hydrogen-bond donors (Lipinski definition) is 2. The average Bonchev–Trinajstić information content (AvgIpc) is 2.54. The van der Waals surface area contributed by atoms with Gasteiger partial charge in [-0.2, -0.15) is 0 Å². The highest BCUT2D eigenvalue weighted by molar-refractivity contribution is 6.36. The number of carbonyl (C=O) groups excluding carboxylic acids is 2. The number of aliphatic hydroxyl groups excluding tert-OH is 1. The molecule has 0 bridgehead atoms. The predicted molar refractivity (Wildman–Crippen MR) is 94.2 cm³/mol. The van der Waals surface area contributed by atoms with Gasteiger partial charge in [0, 0.05) is 12.8 Å². The molecule has 0 saturated heterocycles. The molecule has 0 aliphatic carbocycles. The molecule has 130 valence electrons. The lowest BCUT2D eigenvalue weighted by molar-refractivity contribution is -0.138. The SMILES string of the molecule is CCCOC(=O)C(C=Nc1cccc(C(=O)NCC)c1Cl)=C(C)O. The zero-order valence-corrected chi connectivity index (χ0v) is 14.7. The van der Waals surface area contributed by atoms with Crippen LogP contribution < -0.4 is 5.32 Å². The van der Waals surface area contributed by atoms with Crippen LogP contribution >= 0.6 is 11.6 Å². The third-order valence-electron chi connectivity index (χ3n) is 2.94. The van der Waals surface area contributed by atoms with Crippen molar-refractivity contribution in [3.8, 4) is 0 Å². The van der Waals surface area contributed by atoms with Crippen molar-refractivity contribution in [2.24, 2.45) is 4.99 Å². The molecule has 0 aromatic heterocycles. The van der Waals surface area contributed by atoms with E-state index in [2.05, 4.69) is 10.3 Å². The van der Waals surface area contributed by atoms with Gasteiger partial charge in [0.05, 0.1) is 22.9 Å². The number of rotatable bonds is 7. The van der Waals surface area contributed by atoms with E-state index in [0.29, 0.717) is 18.7 Å². The maximum absolute atomic E-state index is 11.9. The summed E-state index contributed by atoms with van der Waals surface area (Å²) < 4.78 is 4.98. The van der Waals surface area contributed by atoms with Crippen molar-refractivity contribution in [3.05, 3.63) is 40.1 Å². The largest absolute Gasteiger partial charge is 0.512 e. The zero-order chi connectivity index (χ0) is 18.1. The van der Waals surface area contributed by atoms with E-state index in [1.54, 1.807) is 25.1 Å². The summed E-state index contributed by atoms with van der Waals surface area (Å²) in [5.74, 6) is -1.19. The molecule has 7 heteroatoms. The van der Waals surface area contributed by atoms with Gasteiger partial charge in [0.2, 0.25) is 0 Å². The second kappa shape index (κ2) is 9.72. The summed E-state index contributed by atoms with van der Waals surface area (Å²) in [5, 5.41) is 12.5. The highest BCUT2D eigenvalue weighted by atomic mass is 35.5. The molecule has 0 spiro atoms. The van der Waals surface area contributed by atoms with Crippen LogP contribution in [-0.4, -0.2) is 36.3 Å². The average molecular weight is 353 g/mol. The van der Waals surface area contributed by atoms with E-state index < -0.39 is 5.97 Å². The number of amides is 1. The van der Waals surface area contributed by atoms with E-state index in [9.17, 15) is 14.7 Å². The fourth-order valence-electron chi connectivity index (χ4n) is 1.75. The maximum Gasteiger partial charge on any atom is 0.343 e. The van der Waals surface area contributed by atoms with Gasteiger partial charge < -0.3 is 15.2 Å². The number of nitrogens with one attached hydrogen (secondary N) is 1. The van der Waals surface area contributed by atoms with Gasteiger partial charge in [-0.3, -0.25) is 9.79 Å². The molecule has 6 nitrogen and oxygen atoms in total. The lowest BCUT2D eigenvalue weighted by atomic mass is 10.2. The van der Waals surface area contributed by atoms with Crippen LogP contribution in [0.4, 0.5) is 5.69 Å². The fourth-order valence-corrected chi connectivity index (χ4v) is 2.01. The van der Waals surface area contributed by atoms with Gasteiger partial charge >= 0.3 is 5.97 Å². The Bertz CT molecular complexity index is 665. The highest BCUT2D eigenvalue weighted by Gasteiger charge is 2.14. The first-order valence-electron chi connectivity index (χ1n) is 7.60. The highest BCUT2D eigenvalue weighted by Crippen LogP contribution is 2.28. The molecular weight excluding hydrogens is 332 g/mol. The smallest absolute Gasteiger partial charge is 0.343 e. The minimum absolute atomic E-state index is 0.0667. The van der Waals surface area contributed by atoms with Crippen LogP contribution in [-0.2, 0) is 9.53 Å². The molecule has 0 aliphatic rings. The van der Waals surface area contributed by atoms with Crippen molar-refractivity contribution in [2.45, 2.75) is 27.2 Å². The van der Waals surface area contributed by atoms with Gasteiger partial charge in [0.1, 0.15) is 11.3 Å². The maximum atomic E-state index is 11.9. The summed E-state index contributed by atoms with van der Waals surface area (Å²) in [6.07, 6.45) is 1.84. The summed E-state index contributed by atoms with van der Waals surface area (Å²) in [4.78, 5) is 27.9. The standard InChI is InChI=1S/C17H21ClN2O4/c1-4-9-24-17(23)13(11(3)21)10-20-14-8-6-7-12(15(14)18)16(22)19-5-2/h6-8,10,21H,4-5,9H2,1-3H3,(H,19,22). The topological polar surface area (TPSA) is 88.0 Å². The molecule has 1 aromatic carbocycles. The van der Waals surface area contributed by atoms with Crippen LogP contribution in [0, 0.1) is 0 Å². The van der Waals surface area contributed by atoms with E-state index in [4.69, 9.17) is 16.3 Å². The summed E-state index contributed by atoms with van der Waals surface area (Å²) >= 11 is 6.20. The number of allylic oxidation sites excluding steroid dienone is 1. The Morgan fingerprint density at radius 3 is 2.67 bits per heavy atom. The second-order valence-corrected chi connectivity index (χ2v) is 5.27. The Morgan fingerprint density at radius 2 is 2.08 bits per heavy atom. The summed E-state index contributed by atoms with van der Waals surface area (Å²) in [6.45, 7) is 5.75. The molecule has 2 N–H and O–H groups in total. The van der Waals surface area contributed by atoms with Crippen molar-refractivity contribution >= 4 is 35.4 Å². The van der Waals surface area contributed by atoms with E-state index in [1.807, 2.05) is 6.92 Å². The Labute approximate surface area is 146 Å².